The molecule has 6 heteroatoms. The van der Waals surface area contributed by atoms with Crippen molar-refractivity contribution in [2.75, 3.05) is 6.61 Å². The van der Waals surface area contributed by atoms with E-state index in [1.165, 1.54) is 10.7 Å². The Hall–Kier alpha value is -3.28. The third kappa shape index (κ3) is 2.82. The summed E-state index contributed by atoms with van der Waals surface area (Å²) in [6.07, 6.45) is 0. The van der Waals surface area contributed by atoms with Crippen molar-refractivity contribution in [2.45, 2.75) is 13.0 Å². The highest BCUT2D eigenvalue weighted by molar-refractivity contribution is 5.92. The average Bonchev–Trinajstić information content (AvgIpc) is 3.20. The summed E-state index contributed by atoms with van der Waals surface area (Å²) in [5.41, 5.74) is 2.66. The molecule has 4 rings (SSSR count). The molecule has 6 nitrogen and oxygen atoms in total. The summed E-state index contributed by atoms with van der Waals surface area (Å²) in [4.78, 5) is 24.7. The summed E-state index contributed by atoms with van der Waals surface area (Å²) in [6.45, 7) is 2.36. The number of hydrogen-bond donors (Lipinski definition) is 2. The zero-order valence-electron chi connectivity index (χ0n) is 13.7. The predicted molar refractivity (Wildman–Crippen MR) is 93.3 cm³/mol. The Morgan fingerprint density at radius 2 is 1.96 bits per heavy atom. The van der Waals surface area contributed by atoms with Gasteiger partial charge in [-0.3, -0.25) is 14.7 Å². The highest BCUT2D eigenvalue weighted by Crippen LogP contribution is 2.31. The van der Waals surface area contributed by atoms with Gasteiger partial charge in [0.2, 0.25) is 0 Å². The van der Waals surface area contributed by atoms with E-state index in [1.807, 2.05) is 55.5 Å². The number of rotatable bonds is 3. The third-order valence-corrected chi connectivity index (χ3v) is 4.26. The Kier molecular flexibility index (Phi) is 3.65. The molecule has 1 aliphatic rings. The molecule has 0 radical (unpaired) electrons. The summed E-state index contributed by atoms with van der Waals surface area (Å²) < 4.78 is 6.92. The normalized spacial score (nSPS) is 15.5. The maximum Gasteiger partial charge on any atom is 0.271 e. The maximum absolute atomic E-state index is 12.5. The van der Waals surface area contributed by atoms with Crippen LogP contribution in [0.3, 0.4) is 0 Å². The highest BCUT2D eigenvalue weighted by atomic mass is 16.5. The monoisotopic (exact) mass is 335 g/mol. The molecule has 1 aliphatic heterocycles. The van der Waals surface area contributed by atoms with Crippen molar-refractivity contribution in [2.24, 2.45) is 0 Å². The predicted octanol–water partition coefficient (Wildman–Crippen LogP) is 2.34. The number of nitrogens with one attached hydrogen (secondary N) is 2. The van der Waals surface area contributed by atoms with Crippen LogP contribution in [0.2, 0.25) is 0 Å². The number of amides is 1. The number of para-hydroxylation sites is 1. The largest absolute Gasteiger partial charge is 0.491 e. The van der Waals surface area contributed by atoms with Crippen LogP contribution >= 0.6 is 0 Å². The molecule has 0 bridgehead atoms. The summed E-state index contributed by atoms with van der Waals surface area (Å²) in [7, 11) is 0. The van der Waals surface area contributed by atoms with Crippen LogP contribution in [0, 0.1) is 6.92 Å². The number of nitrogens with zero attached hydrogens (tertiary/aromatic N) is 1. The van der Waals surface area contributed by atoms with E-state index in [0.717, 1.165) is 16.9 Å². The van der Waals surface area contributed by atoms with Crippen molar-refractivity contribution >= 4 is 5.91 Å². The molecule has 1 amide bonds. The first kappa shape index (κ1) is 15.3. The molecule has 25 heavy (non-hydrogen) atoms. The minimum absolute atomic E-state index is 0.218. The number of aryl methyl sites for hydroxylation is 1. The summed E-state index contributed by atoms with van der Waals surface area (Å²) in [6, 6.07) is 16.2. The van der Waals surface area contributed by atoms with E-state index in [9.17, 15) is 9.59 Å². The van der Waals surface area contributed by atoms with E-state index >= 15 is 0 Å². The molecule has 0 fully saturated rings. The second kappa shape index (κ2) is 5.98. The van der Waals surface area contributed by atoms with Crippen LogP contribution in [0.15, 0.2) is 59.4 Å². The van der Waals surface area contributed by atoms with Gasteiger partial charge in [-0.25, -0.2) is 4.68 Å². The number of carbonyl (C=O) groups is 1. The number of benzene rings is 2. The molecule has 0 unspecified atom stereocenters. The van der Waals surface area contributed by atoms with Gasteiger partial charge in [0, 0.05) is 11.6 Å². The number of aromatic amines is 1. The van der Waals surface area contributed by atoms with Crippen molar-refractivity contribution in [3.05, 3.63) is 81.8 Å². The van der Waals surface area contributed by atoms with Crippen LogP contribution in [-0.4, -0.2) is 22.3 Å². The first-order valence-electron chi connectivity index (χ1n) is 8.03. The van der Waals surface area contributed by atoms with Gasteiger partial charge < -0.3 is 10.1 Å². The molecule has 3 aromatic rings. The molecule has 0 saturated heterocycles. The Bertz CT molecular complexity index is 986. The van der Waals surface area contributed by atoms with Gasteiger partial charge in [-0.05, 0) is 25.1 Å². The second-order valence-electron chi connectivity index (χ2n) is 6.05. The van der Waals surface area contributed by atoms with Crippen LogP contribution in [0.25, 0.3) is 5.69 Å². The number of ether oxygens (including phenoxy) is 1. The van der Waals surface area contributed by atoms with E-state index < -0.39 is 0 Å². The lowest BCUT2D eigenvalue weighted by Crippen LogP contribution is -2.29. The Balaban J connectivity index is 1.57. The zero-order valence-corrected chi connectivity index (χ0v) is 13.7. The molecule has 0 spiro atoms. The minimum atomic E-state index is -0.340. The number of hydrogen-bond acceptors (Lipinski definition) is 3. The number of H-pyrrole nitrogens is 1. The van der Waals surface area contributed by atoms with Crippen molar-refractivity contribution in [1.82, 2.24) is 15.1 Å². The molecule has 0 aliphatic carbocycles. The van der Waals surface area contributed by atoms with Crippen LogP contribution in [0.4, 0.5) is 0 Å². The van der Waals surface area contributed by atoms with Gasteiger partial charge in [-0.1, -0.05) is 35.9 Å². The lowest BCUT2D eigenvalue weighted by molar-refractivity contribution is 0.0925. The van der Waals surface area contributed by atoms with Gasteiger partial charge in [0.1, 0.15) is 18.1 Å². The van der Waals surface area contributed by atoms with Crippen LogP contribution in [0.5, 0.6) is 5.75 Å². The molecule has 2 aromatic carbocycles. The number of aromatic nitrogens is 2. The summed E-state index contributed by atoms with van der Waals surface area (Å²) in [5.74, 6) is 0.437. The van der Waals surface area contributed by atoms with Crippen molar-refractivity contribution in [1.29, 1.82) is 0 Å². The third-order valence-electron chi connectivity index (χ3n) is 4.26. The molecule has 2 N–H and O–H groups in total. The minimum Gasteiger partial charge on any atom is -0.491 e. The zero-order chi connectivity index (χ0) is 17.4. The van der Waals surface area contributed by atoms with Gasteiger partial charge in [0.15, 0.2) is 0 Å². The quantitative estimate of drug-likeness (QED) is 0.771. The molecule has 2 heterocycles. The molecule has 1 atom stereocenters. The number of carbonyl (C=O) groups excluding carboxylic acids is 1. The Labute approximate surface area is 144 Å². The summed E-state index contributed by atoms with van der Waals surface area (Å²) in [5, 5.41) is 5.77. The Morgan fingerprint density at radius 3 is 2.76 bits per heavy atom. The lowest BCUT2D eigenvalue weighted by Gasteiger charge is -2.10. The van der Waals surface area contributed by atoms with Gasteiger partial charge in [0.25, 0.3) is 11.5 Å². The molecule has 0 saturated carbocycles. The highest BCUT2D eigenvalue weighted by Gasteiger charge is 2.26. The van der Waals surface area contributed by atoms with Gasteiger partial charge >= 0.3 is 0 Å². The standard InChI is InChI=1S/C19H17N3O3/c1-12-6-8-13(9-7-12)22-18(23)10-15(21-22)19(24)20-16-11-25-17-5-3-2-4-14(16)17/h2-10,16,21H,11H2,1H3,(H,20,24)/t16-/m0/s1. The van der Waals surface area contributed by atoms with E-state index in [-0.39, 0.29) is 23.2 Å². The van der Waals surface area contributed by atoms with Gasteiger partial charge in [-0.15, -0.1) is 0 Å². The molecular weight excluding hydrogens is 318 g/mol. The summed E-state index contributed by atoms with van der Waals surface area (Å²) >= 11 is 0. The number of fused-ring (bicyclic) bond motifs is 1. The van der Waals surface area contributed by atoms with Crippen LogP contribution in [-0.2, 0) is 0 Å². The lowest BCUT2D eigenvalue weighted by atomic mass is 10.1. The molecule has 1 aromatic heterocycles. The van der Waals surface area contributed by atoms with Crippen LogP contribution < -0.4 is 15.6 Å². The molecule has 126 valence electrons. The van der Waals surface area contributed by atoms with Crippen molar-refractivity contribution in [3.63, 3.8) is 0 Å². The topological polar surface area (TPSA) is 76.1 Å². The first-order valence-corrected chi connectivity index (χ1v) is 8.03. The fraction of sp³-hybridized carbons (Fsp3) is 0.158. The fourth-order valence-electron chi connectivity index (χ4n) is 2.92. The Morgan fingerprint density at radius 1 is 1.20 bits per heavy atom. The maximum atomic E-state index is 12.5. The van der Waals surface area contributed by atoms with E-state index in [1.54, 1.807) is 0 Å². The second-order valence-corrected chi connectivity index (χ2v) is 6.05. The van der Waals surface area contributed by atoms with Crippen LogP contribution in [0.1, 0.15) is 27.7 Å². The van der Waals surface area contributed by atoms with Gasteiger partial charge in [0.05, 0.1) is 11.7 Å². The van der Waals surface area contributed by atoms with E-state index in [4.69, 9.17) is 4.74 Å². The fourth-order valence-corrected chi connectivity index (χ4v) is 2.92. The van der Waals surface area contributed by atoms with E-state index in [0.29, 0.717) is 12.3 Å². The SMILES string of the molecule is Cc1ccc(-n2[nH]c(C(=O)N[C@H]3COc4ccccc43)cc2=O)cc1. The van der Waals surface area contributed by atoms with Gasteiger partial charge in [-0.2, -0.15) is 0 Å². The molecular formula is C19H17N3O3. The van der Waals surface area contributed by atoms with E-state index in [2.05, 4.69) is 10.4 Å². The average molecular weight is 335 g/mol. The van der Waals surface area contributed by atoms with Crippen molar-refractivity contribution in [3.8, 4) is 11.4 Å². The smallest absolute Gasteiger partial charge is 0.271 e. The first-order chi connectivity index (χ1) is 12.1. The van der Waals surface area contributed by atoms with Crippen molar-refractivity contribution < 1.29 is 9.53 Å².